The number of hydrogen-bond acceptors (Lipinski definition) is 6. The number of anilines is 2. The number of piperidine rings is 1. The highest BCUT2D eigenvalue weighted by atomic mass is 16.5. The predicted molar refractivity (Wildman–Crippen MR) is 134 cm³/mol. The fourth-order valence-corrected chi connectivity index (χ4v) is 4.51. The van der Waals surface area contributed by atoms with E-state index in [0.717, 1.165) is 71.0 Å². The van der Waals surface area contributed by atoms with Crippen molar-refractivity contribution in [2.75, 3.05) is 30.4 Å². The van der Waals surface area contributed by atoms with Crippen molar-refractivity contribution in [2.45, 2.75) is 19.8 Å². The smallest absolute Gasteiger partial charge is 0.227 e. The zero-order chi connectivity index (χ0) is 23.5. The number of carbonyl (C=O) groups is 1. The molecule has 0 unspecified atom stereocenters. The van der Waals surface area contributed by atoms with Crippen LogP contribution in [-0.4, -0.2) is 41.3 Å². The van der Waals surface area contributed by atoms with Gasteiger partial charge in [0.2, 0.25) is 5.91 Å². The molecule has 172 valence electrons. The maximum Gasteiger partial charge on any atom is 0.227 e. The second-order valence-electron chi connectivity index (χ2n) is 8.56. The number of rotatable bonds is 5. The molecular formula is C27H27N5O2. The molecule has 1 saturated heterocycles. The average Bonchev–Trinajstić information content (AvgIpc) is 2.89. The number of nitrogens with one attached hydrogen (secondary N) is 1. The summed E-state index contributed by atoms with van der Waals surface area (Å²) in [4.78, 5) is 19.8. The Morgan fingerprint density at radius 2 is 1.76 bits per heavy atom. The summed E-state index contributed by atoms with van der Waals surface area (Å²) in [6, 6.07) is 21.6. The number of fused-ring (bicyclic) bond motifs is 1. The van der Waals surface area contributed by atoms with E-state index >= 15 is 0 Å². The molecule has 2 aromatic heterocycles. The zero-order valence-electron chi connectivity index (χ0n) is 19.4. The average molecular weight is 454 g/mol. The molecule has 0 saturated carbocycles. The van der Waals surface area contributed by atoms with Crippen molar-refractivity contribution in [3.05, 3.63) is 72.4 Å². The first-order chi connectivity index (χ1) is 16.6. The van der Waals surface area contributed by atoms with Crippen LogP contribution in [-0.2, 0) is 4.79 Å². The largest absolute Gasteiger partial charge is 0.496 e. The summed E-state index contributed by atoms with van der Waals surface area (Å²) >= 11 is 0. The molecule has 1 aliphatic heterocycles. The van der Waals surface area contributed by atoms with Crippen molar-refractivity contribution in [2.24, 2.45) is 5.92 Å². The van der Waals surface area contributed by atoms with Gasteiger partial charge in [-0.15, -0.1) is 10.2 Å². The molecule has 0 aliphatic carbocycles. The maximum atomic E-state index is 13.0. The maximum absolute atomic E-state index is 13.0. The van der Waals surface area contributed by atoms with Gasteiger partial charge in [-0.2, -0.15) is 0 Å². The quantitative estimate of drug-likeness (QED) is 0.465. The lowest BCUT2D eigenvalue weighted by molar-refractivity contribution is -0.120. The van der Waals surface area contributed by atoms with Crippen molar-refractivity contribution < 1.29 is 9.53 Å². The Hall–Kier alpha value is -4.00. The van der Waals surface area contributed by atoms with Gasteiger partial charge in [-0.05, 0) is 56.2 Å². The number of carbonyl (C=O) groups excluding carboxylic acids is 1. The molecule has 0 radical (unpaired) electrons. The minimum absolute atomic E-state index is 0.0377. The SMILES string of the molecule is COc1ccccc1-c1ccc(N2CCC(C(=O)Nc3cc(C)nc4ccccc34)CC2)nn1. The van der Waals surface area contributed by atoms with Gasteiger partial charge in [0.15, 0.2) is 5.82 Å². The van der Waals surface area contributed by atoms with Gasteiger partial charge in [-0.25, -0.2) is 0 Å². The molecule has 4 aromatic rings. The second-order valence-corrected chi connectivity index (χ2v) is 8.56. The summed E-state index contributed by atoms with van der Waals surface area (Å²) in [5, 5.41) is 13.0. The molecule has 0 spiro atoms. The number of nitrogens with zero attached hydrogens (tertiary/aromatic N) is 4. The molecule has 0 atom stereocenters. The van der Waals surface area contributed by atoms with E-state index in [2.05, 4.69) is 25.4 Å². The fraction of sp³-hybridized carbons (Fsp3) is 0.259. The second kappa shape index (κ2) is 9.47. The first-order valence-electron chi connectivity index (χ1n) is 11.5. The van der Waals surface area contributed by atoms with Crippen molar-refractivity contribution in [3.8, 4) is 17.0 Å². The van der Waals surface area contributed by atoms with Crippen LogP contribution in [0, 0.1) is 12.8 Å². The van der Waals surface area contributed by atoms with Crippen molar-refractivity contribution in [1.82, 2.24) is 15.2 Å². The highest BCUT2D eigenvalue weighted by molar-refractivity contribution is 6.01. The third-order valence-electron chi connectivity index (χ3n) is 6.33. The Balaban J connectivity index is 1.23. The molecule has 34 heavy (non-hydrogen) atoms. The van der Waals surface area contributed by atoms with Gasteiger partial charge in [0.25, 0.3) is 0 Å². The Labute approximate surface area is 198 Å². The Bertz CT molecular complexity index is 1310. The first-order valence-corrected chi connectivity index (χ1v) is 11.5. The number of benzene rings is 2. The van der Waals surface area contributed by atoms with Crippen LogP contribution in [0.1, 0.15) is 18.5 Å². The van der Waals surface area contributed by atoms with E-state index in [-0.39, 0.29) is 11.8 Å². The monoisotopic (exact) mass is 453 g/mol. The number of aryl methyl sites for hydroxylation is 1. The summed E-state index contributed by atoms with van der Waals surface area (Å²) in [5.41, 5.74) is 4.30. The molecule has 7 nitrogen and oxygen atoms in total. The summed E-state index contributed by atoms with van der Waals surface area (Å²) in [7, 11) is 1.65. The van der Waals surface area contributed by atoms with Gasteiger partial charge in [-0.3, -0.25) is 9.78 Å². The van der Waals surface area contributed by atoms with Crippen LogP contribution in [0.25, 0.3) is 22.2 Å². The molecule has 0 bridgehead atoms. The number of ether oxygens (including phenoxy) is 1. The van der Waals surface area contributed by atoms with Crippen molar-refractivity contribution in [3.63, 3.8) is 0 Å². The van der Waals surface area contributed by atoms with Crippen LogP contribution in [0.5, 0.6) is 5.75 Å². The summed E-state index contributed by atoms with van der Waals surface area (Å²) < 4.78 is 5.43. The topological polar surface area (TPSA) is 80.2 Å². The van der Waals surface area contributed by atoms with E-state index in [1.807, 2.05) is 73.7 Å². The third kappa shape index (κ3) is 4.41. The summed E-state index contributed by atoms with van der Waals surface area (Å²) in [6.07, 6.45) is 1.54. The van der Waals surface area contributed by atoms with Crippen molar-refractivity contribution >= 4 is 28.3 Å². The number of aromatic nitrogens is 3. The molecule has 7 heteroatoms. The number of para-hydroxylation sites is 2. The zero-order valence-corrected chi connectivity index (χ0v) is 19.4. The molecule has 3 heterocycles. The molecule has 1 fully saturated rings. The van der Waals surface area contributed by atoms with Crippen LogP contribution in [0.2, 0.25) is 0 Å². The number of hydrogen-bond donors (Lipinski definition) is 1. The van der Waals surface area contributed by atoms with Crippen LogP contribution in [0.3, 0.4) is 0 Å². The van der Waals surface area contributed by atoms with Crippen LogP contribution in [0.4, 0.5) is 11.5 Å². The minimum Gasteiger partial charge on any atom is -0.496 e. The normalized spacial score (nSPS) is 14.2. The van der Waals surface area contributed by atoms with Gasteiger partial charge in [-0.1, -0.05) is 30.3 Å². The first kappa shape index (κ1) is 21.8. The van der Waals surface area contributed by atoms with E-state index in [9.17, 15) is 4.79 Å². The standard InChI is InChI=1S/C27H27N5O2/c1-18-17-24(20-7-3-5-9-22(20)28-18)29-27(33)19-13-15-32(16-14-19)26-12-11-23(30-31-26)21-8-4-6-10-25(21)34-2/h3-12,17,19H,13-16H2,1-2H3,(H,28,29,33). The van der Waals surface area contributed by atoms with Gasteiger partial charge in [0.1, 0.15) is 5.75 Å². The van der Waals surface area contributed by atoms with Crippen LogP contribution in [0.15, 0.2) is 66.7 Å². The molecule has 1 amide bonds. The minimum atomic E-state index is -0.0377. The molecule has 2 aromatic carbocycles. The van der Waals surface area contributed by atoms with Gasteiger partial charge in [0, 0.05) is 35.7 Å². The predicted octanol–water partition coefficient (Wildman–Crippen LogP) is 4.86. The lowest BCUT2D eigenvalue weighted by Gasteiger charge is -2.32. The van der Waals surface area contributed by atoms with Gasteiger partial charge in [0.05, 0.1) is 24.0 Å². The number of methoxy groups -OCH3 is 1. The van der Waals surface area contributed by atoms with Crippen LogP contribution >= 0.6 is 0 Å². The van der Waals surface area contributed by atoms with E-state index < -0.39 is 0 Å². The molecule has 1 N–H and O–H groups in total. The van der Waals surface area contributed by atoms with E-state index in [1.54, 1.807) is 7.11 Å². The van der Waals surface area contributed by atoms with Gasteiger partial charge < -0.3 is 15.0 Å². The number of amides is 1. The van der Waals surface area contributed by atoms with E-state index in [4.69, 9.17) is 4.74 Å². The summed E-state index contributed by atoms with van der Waals surface area (Å²) in [6.45, 7) is 3.47. The Morgan fingerprint density at radius 3 is 2.53 bits per heavy atom. The van der Waals surface area contributed by atoms with Gasteiger partial charge >= 0.3 is 0 Å². The molecular weight excluding hydrogens is 426 g/mol. The van der Waals surface area contributed by atoms with Crippen LogP contribution < -0.4 is 15.0 Å². The molecule has 1 aliphatic rings. The van der Waals surface area contributed by atoms with E-state index in [0.29, 0.717) is 0 Å². The highest BCUT2D eigenvalue weighted by Gasteiger charge is 2.26. The van der Waals surface area contributed by atoms with Crippen molar-refractivity contribution in [1.29, 1.82) is 0 Å². The Kier molecular flexibility index (Phi) is 6.08. The lowest BCUT2D eigenvalue weighted by atomic mass is 9.95. The fourth-order valence-electron chi connectivity index (χ4n) is 4.51. The summed E-state index contributed by atoms with van der Waals surface area (Å²) in [5.74, 6) is 1.62. The highest BCUT2D eigenvalue weighted by Crippen LogP contribution is 2.30. The van der Waals surface area contributed by atoms with E-state index in [1.165, 1.54) is 0 Å². The molecule has 5 rings (SSSR count). The third-order valence-corrected chi connectivity index (χ3v) is 6.33. The lowest BCUT2D eigenvalue weighted by Crippen LogP contribution is -2.38. The Morgan fingerprint density at radius 1 is 1.00 bits per heavy atom. The number of pyridine rings is 1.